The highest BCUT2D eigenvalue weighted by molar-refractivity contribution is 5.69. The Bertz CT molecular complexity index is 674. The highest BCUT2D eigenvalue weighted by atomic mass is 16.6. The minimum absolute atomic E-state index is 0.338. The van der Waals surface area contributed by atoms with E-state index in [0.29, 0.717) is 0 Å². The molecular formula is C20H17NO2. The molecule has 1 aromatic heterocycles. The monoisotopic (exact) mass is 303 g/mol. The van der Waals surface area contributed by atoms with E-state index in [2.05, 4.69) is 4.98 Å². The maximum absolute atomic E-state index is 11.9. The molecule has 0 bridgehead atoms. The normalized spacial score (nSPS) is 11.0. The number of benzene rings is 2. The fraction of sp³-hybridized carbons (Fsp3) is 0.100. The summed E-state index contributed by atoms with van der Waals surface area (Å²) in [5.41, 5.74) is 1.66. The molecule has 3 rings (SSSR count). The highest BCUT2D eigenvalue weighted by Gasteiger charge is 2.39. The average Bonchev–Trinajstić information content (AvgIpc) is 2.62. The zero-order chi connectivity index (χ0) is 16.1. The summed E-state index contributed by atoms with van der Waals surface area (Å²) in [5.74, 6) is -0.338. The summed E-state index contributed by atoms with van der Waals surface area (Å²) in [4.78, 5) is 16.0. The second-order valence-corrected chi connectivity index (χ2v) is 5.24. The SMILES string of the molecule is CC(=O)OC(c1ccccc1)(c1ccccc1)c1ccncc1. The van der Waals surface area contributed by atoms with Crippen molar-refractivity contribution in [3.05, 3.63) is 102 Å². The number of hydrogen-bond acceptors (Lipinski definition) is 3. The maximum atomic E-state index is 11.9. The molecule has 0 spiro atoms. The lowest BCUT2D eigenvalue weighted by Gasteiger charge is -2.34. The number of ether oxygens (including phenoxy) is 1. The van der Waals surface area contributed by atoms with Crippen LogP contribution in [0.5, 0.6) is 0 Å². The van der Waals surface area contributed by atoms with Gasteiger partial charge in [0.1, 0.15) is 0 Å². The number of carbonyl (C=O) groups is 1. The molecule has 0 saturated heterocycles. The second kappa shape index (κ2) is 6.44. The van der Waals surface area contributed by atoms with Gasteiger partial charge in [0.15, 0.2) is 5.60 Å². The number of nitrogens with zero attached hydrogens (tertiary/aromatic N) is 1. The van der Waals surface area contributed by atoms with Gasteiger partial charge in [-0.2, -0.15) is 0 Å². The first-order chi connectivity index (χ1) is 11.2. The first kappa shape index (κ1) is 15.0. The van der Waals surface area contributed by atoms with Crippen LogP contribution in [0.15, 0.2) is 85.2 Å². The Labute approximate surface area is 135 Å². The molecule has 0 radical (unpaired) electrons. The Morgan fingerprint density at radius 1 is 0.783 bits per heavy atom. The zero-order valence-corrected chi connectivity index (χ0v) is 12.8. The van der Waals surface area contributed by atoms with Crippen LogP contribution in [0.4, 0.5) is 0 Å². The number of aromatic nitrogens is 1. The number of carbonyl (C=O) groups excluding carboxylic acids is 1. The third-order valence-electron chi connectivity index (χ3n) is 3.74. The summed E-state index contributed by atoms with van der Waals surface area (Å²) in [6.45, 7) is 1.43. The fourth-order valence-electron chi connectivity index (χ4n) is 2.82. The van der Waals surface area contributed by atoms with Crippen molar-refractivity contribution in [3.63, 3.8) is 0 Å². The van der Waals surface area contributed by atoms with Crippen LogP contribution in [0, 0.1) is 0 Å². The molecule has 0 unspecified atom stereocenters. The van der Waals surface area contributed by atoms with Gasteiger partial charge in [-0.25, -0.2) is 0 Å². The predicted molar refractivity (Wildman–Crippen MR) is 88.8 cm³/mol. The Balaban J connectivity index is 2.32. The van der Waals surface area contributed by atoms with Crippen molar-refractivity contribution in [3.8, 4) is 0 Å². The molecule has 2 aromatic carbocycles. The van der Waals surface area contributed by atoms with E-state index >= 15 is 0 Å². The van der Waals surface area contributed by atoms with E-state index in [9.17, 15) is 4.79 Å². The molecule has 0 aliphatic carbocycles. The molecule has 3 heteroatoms. The summed E-state index contributed by atoms with van der Waals surface area (Å²) >= 11 is 0. The predicted octanol–water partition coefficient (Wildman–Crippen LogP) is 3.94. The van der Waals surface area contributed by atoms with E-state index in [0.717, 1.165) is 16.7 Å². The van der Waals surface area contributed by atoms with Crippen molar-refractivity contribution in [1.29, 1.82) is 0 Å². The van der Waals surface area contributed by atoms with E-state index in [1.54, 1.807) is 12.4 Å². The molecule has 0 N–H and O–H groups in total. The molecule has 0 amide bonds. The van der Waals surface area contributed by atoms with Crippen molar-refractivity contribution >= 4 is 5.97 Å². The van der Waals surface area contributed by atoms with Crippen molar-refractivity contribution < 1.29 is 9.53 Å². The van der Waals surface area contributed by atoms with Gasteiger partial charge in [0.2, 0.25) is 0 Å². The largest absolute Gasteiger partial charge is 0.444 e. The van der Waals surface area contributed by atoms with Crippen LogP contribution in [-0.2, 0) is 15.1 Å². The summed E-state index contributed by atoms with van der Waals surface area (Å²) in [7, 11) is 0. The van der Waals surface area contributed by atoms with Gasteiger partial charge in [0.05, 0.1) is 0 Å². The summed E-state index contributed by atoms with van der Waals surface area (Å²) in [6.07, 6.45) is 3.42. The fourth-order valence-corrected chi connectivity index (χ4v) is 2.82. The lowest BCUT2D eigenvalue weighted by molar-refractivity contribution is -0.150. The lowest BCUT2D eigenvalue weighted by Crippen LogP contribution is -2.34. The molecule has 3 aromatic rings. The Kier molecular flexibility index (Phi) is 4.20. The third-order valence-corrected chi connectivity index (χ3v) is 3.74. The van der Waals surface area contributed by atoms with Gasteiger partial charge < -0.3 is 4.74 Å². The molecule has 0 saturated carbocycles. The third kappa shape index (κ3) is 2.86. The Morgan fingerprint density at radius 2 is 1.22 bits per heavy atom. The van der Waals surface area contributed by atoms with Gasteiger partial charge in [-0.05, 0) is 12.1 Å². The highest BCUT2D eigenvalue weighted by Crippen LogP contribution is 2.40. The van der Waals surface area contributed by atoms with Gasteiger partial charge in [-0.15, -0.1) is 0 Å². The topological polar surface area (TPSA) is 39.2 Å². The van der Waals surface area contributed by atoms with E-state index in [4.69, 9.17) is 4.74 Å². The summed E-state index contributed by atoms with van der Waals surface area (Å²) in [5, 5.41) is 0. The van der Waals surface area contributed by atoms with Crippen molar-refractivity contribution in [1.82, 2.24) is 4.98 Å². The molecule has 114 valence electrons. The second-order valence-electron chi connectivity index (χ2n) is 5.24. The van der Waals surface area contributed by atoms with E-state index in [1.807, 2.05) is 72.8 Å². The Hall–Kier alpha value is -2.94. The van der Waals surface area contributed by atoms with Crippen LogP contribution in [0.1, 0.15) is 23.6 Å². The summed E-state index contributed by atoms with van der Waals surface area (Å²) < 4.78 is 5.93. The van der Waals surface area contributed by atoms with Gasteiger partial charge in [-0.3, -0.25) is 9.78 Å². The molecule has 0 aliphatic heterocycles. The van der Waals surface area contributed by atoms with Crippen molar-refractivity contribution in [2.24, 2.45) is 0 Å². The number of hydrogen-bond donors (Lipinski definition) is 0. The first-order valence-electron chi connectivity index (χ1n) is 7.44. The van der Waals surface area contributed by atoms with Crippen LogP contribution in [0.2, 0.25) is 0 Å². The molecule has 0 fully saturated rings. The van der Waals surface area contributed by atoms with Crippen molar-refractivity contribution in [2.75, 3.05) is 0 Å². The minimum Gasteiger partial charge on any atom is -0.444 e. The van der Waals surface area contributed by atoms with Crippen LogP contribution in [-0.4, -0.2) is 11.0 Å². The number of pyridine rings is 1. The molecule has 0 aliphatic rings. The smallest absolute Gasteiger partial charge is 0.304 e. The van der Waals surface area contributed by atoms with Gasteiger partial charge in [0.25, 0.3) is 0 Å². The van der Waals surface area contributed by atoms with Gasteiger partial charge in [-0.1, -0.05) is 60.7 Å². The Morgan fingerprint density at radius 3 is 1.65 bits per heavy atom. The molecule has 1 heterocycles. The van der Waals surface area contributed by atoms with E-state index in [1.165, 1.54) is 6.92 Å². The van der Waals surface area contributed by atoms with Crippen LogP contribution in [0.3, 0.4) is 0 Å². The average molecular weight is 303 g/mol. The molecule has 3 nitrogen and oxygen atoms in total. The first-order valence-corrected chi connectivity index (χ1v) is 7.44. The van der Waals surface area contributed by atoms with Crippen LogP contribution in [0.25, 0.3) is 0 Å². The summed E-state index contributed by atoms with van der Waals surface area (Å²) in [6, 6.07) is 23.3. The van der Waals surface area contributed by atoms with Crippen molar-refractivity contribution in [2.45, 2.75) is 12.5 Å². The quantitative estimate of drug-likeness (QED) is 0.685. The molecular weight excluding hydrogens is 286 g/mol. The number of esters is 1. The molecule has 0 atom stereocenters. The maximum Gasteiger partial charge on any atom is 0.304 e. The van der Waals surface area contributed by atoms with E-state index < -0.39 is 5.60 Å². The van der Waals surface area contributed by atoms with Gasteiger partial charge in [0, 0.05) is 36.0 Å². The zero-order valence-electron chi connectivity index (χ0n) is 12.8. The standard InChI is InChI=1S/C20H17NO2/c1-16(22)23-20(17-8-4-2-5-9-17,18-10-6-3-7-11-18)19-12-14-21-15-13-19/h2-15H,1H3. The minimum atomic E-state index is -0.989. The molecule has 23 heavy (non-hydrogen) atoms. The lowest BCUT2D eigenvalue weighted by atomic mass is 9.80. The number of rotatable bonds is 4. The van der Waals surface area contributed by atoms with Gasteiger partial charge >= 0.3 is 5.97 Å². The van der Waals surface area contributed by atoms with Crippen LogP contribution < -0.4 is 0 Å². The van der Waals surface area contributed by atoms with Crippen LogP contribution >= 0.6 is 0 Å². The van der Waals surface area contributed by atoms with E-state index in [-0.39, 0.29) is 5.97 Å².